The lowest BCUT2D eigenvalue weighted by Crippen LogP contribution is -2.42. The number of non-ortho nitro benzene ring substituents is 1. The second-order valence-electron chi connectivity index (χ2n) is 7.44. The first-order valence-corrected chi connectivity index (χ1v) is 9.61. The molecule has 1 aliphatic heterocycles. The fraction of sp³-hybridized carbons (Fsp3) is 0.333. The molecule has 1 atom stereocenters. The Hall–Kier alpha value is -3.26. The van der Waals surface area contributed by atoms with Gasteiger partial charge in [-0.3, -0.25) is 24.6 Å². The number of carbonyl (C=O) groups excluding carboxylic acids is 1. The normalized spacial score (nSPS) is 17.5. The molecule has 1 unspecified atom stereocenters. The van der Waals surface area contributed by atoms with E-state index in [0.717, 1.165) is 19.4 Å². The van der Waals surface area contributed by atoms with Crippen LogP contribution in [0.25, 0.3) is 21.9 Å². The maximum Gasteiger partial charge on any atom is 0.270 e. The third-order valence-electron chi connectivity index (χ3n) is 5.44. The number of piperidine rings is 1. The summed E-state index contributed by atoms with van der Waals surface area (Å²) in [5, 5.41) is 14.3. The predicted octanol–water partition coefficient (Wildman–Crippen LogP) is 3.67. The van der Waals surface area contributed by atoms with Gasteiger partial charge in [0, 0.05) is 29.9 Å². The minimum atomic E-state index is -0.551. The van der Waals surface area contributed by atoms with Gasteiger partial charge in [0.25, 0.3) is 5.69 Å². The van der Waals surface area contributed by atoms with Gasteiger partial charge in [0.2, 0.25) is 11.3 Å². The predicted molar refractivity (Wildman–Crippen MR) is 110 cm³/mol. The summed E-state index contributed by atoms with van der Waals surface area (Å²) >= 11 is 0. The number of rotatable bonds is 4. The van der Waals surface area contributed by atoms with E-state index in [9.17, 15) is 19.7 Å². The molecule has 1 fully saturated rings. The second kappa shape index (κ2) is 7.63. The molecular formula is C21H21N3O5. The molecule has 150 valence electrons. The summed E-state index contributed by atoms with van der Waals surface area (Å²) < 4.78 is 5.77. The maximum absolute atomic E-state index is 12.7. The van der Waals surface area contributed by atoms with Crippen LogP contribution in [0.3, 0.4) is 0 Å². The first-order valence-electron chi connectivity index (χ1n) is 9.61. The molecule has 0 spiro atoms. The van der Waals surface area contributed by atoms with Crippen LogP contribution in [0.5, 0.6) is 0 Å². The summed E-state index contributed by atoms with van der Waals surface area (Å²) in [6.07, 6.45) is 3.39. The largest absolute Gasteiger partial charge is 0.456 e. The van der Waals surface area contributed by atoms with E-state index >= 15 is 0 Å². The summed E-state index contributed by atoms with van der Waals surface area (Å²) in [7, 11) is 0. The molecule has 3 aromatic rings. The third kappa shape index (κ3) is 3.84. The minimum absolute atomic E-state index is 0.114. The lowest BCUT2D eigenvalue weighted by Gasteiger charge is -2.32. The van der Waals surface area contributed by atoms with Crippen molar-refractivity contribution in [3.63, 3.8) is 0 Å². The Balaban J connectivity index is 1.61. The van der Waals surface area contributed by atoms with Gasteiger partial charge in [-0.05, 0) is 44.5 Å². The van der Waals surface area contributed by atoms with E-state index in [1.54, 1.807) is 18.2 Å². The molecule has 0 bridgehead atoms. The third-order valence-corrected chi connectivity index (χ3v) is 5.44. The van der Waals surface area contributed by atoms with E-state index < -0.39 is 4.92 Å². The fourth-order valence-electron chi connectivity index (χ4n) is 3.81. The molecule has 1 N–H and O–H groups in total. The van der Waals surface area contributed by atoms with E-state index in [1.165, 1.54) is 24.6 Å². The van der Waals surface area contributed by atoms with Crippen molar-refractivity contribution in [2.75, 3.05) is 18.4 Å². The SMILES string of the molecule is CC1CCCCN1CC(=O)Nc1ccc2c(=O)c3cc([N+](=O)[O-])ccc3oc2c1. The Bertz CT molecular complexity index is 1170. The molecule has 2 heterocycles. The minimum Gasteiger partial charge on any atom is -0.456 e. The Kier molecular flexibility index (Phi) is 5.02. The smallest absolute Gasteiger partial charge is 0.270 e. The molecule has 29 heavy (non-hydrogen) atoms. The lowest BCUT2D eigenvalue weighted by molar-refractivity contribution is -0.384. The standard InChI is InChI=1S/C21H21N3O5/c1-13-4-2-3-9-23(13)12-20(25)22-14-5-7-16-19(10-14)29-18-8-6-15(24(27)28)11-17(18)21(16)26/h5-8,10-11,13H,2-4,9,12H2,1H3,(H,22,25). The van der Waals surface area contributed by atoms with Gasteiger partial charge in [-0.1, -0.05) is 6.42 Å². The number of fused-ring (bicyclic) bond motifs is 2. The van der Waals surface area contributed by atoms with Crippen LogP contribution in [0.4, 0.5) is 11.4 Å². The average molecular weight is 395 g/mol. The number of nitro groups is 1. The molecule has 0 radical (unpaired) electrons. The molecule has 0 aliphatic carbocycles. The van der Waals surface area contributed by atoms with E-state index in [4.69, 9.17) is 4.42 Å². The number of likely N-dealkylation sites (tertiary alicyclic amines) is 1. The number of hydrogen-bond donors (Lipinski definition) is 1. The van der Waals surface area contributed by atoms with Gasteiger partial charge in [-0.25, -0.2) is 0 Å². The summed E-state index contributed by atoms with van der Waals surface area (Å²) in [6.45, 7) is 3.37. The summed E-state index contributed by atoms with van der Waals surface area (Å²) in [5.74, 6) is -0.114. The molecule has 2 aromatic carbocycles. The second-order valence-corrected chi connectivity index (χ2v) is 7.44. The molecular weight excluding hydrogens is 374 g/mol. The highest BCUT2D eigenvalue weighted by Crippen LogP contribution is 2.25. The monoisotopic (exact) mass is 395 g/mol. The zero-order chi connectivity index (χ0) is 20.5. The number of nitro benzene ring substituents is 1. The van der Waals surface area contributed by atoms with Crippen LogP contribution < -0.4 is 10.7 Å². The lowest BCUT2D eigenvalue weighted by atomic mass is 10.0. The summed E-state index contributed by atoms with van der Waals surface area (Å²) in [4.78, 5) is 37.7. The van der Waals surface area contributed by atoms with Crippen LogP contribution in [0, 0.1) is 10.1 Å². The van der Waals surface area contributed by atoms with Crippen LogP contribution >= 0.6 is 0 Å². The summed E-state index contributed by atoms with van der Waals surface area (Å²) in [5.41, 5.74) is 0.612. The topological polar surface area (TPSA) is 106 Å². The number of amides is 1. The van der Waals surface area contributed by atoms with Gasteiger partial charge in [-0.15, -0.1) is 0 Å². The van der Waals surface area contributed by atoms with E-state index in [1.807, 2.05) is 0 Å². The van der Waals surface area contributed by atoms with Gasteiger partial charge in [0.15, 0.2) is 0 Å². The molecule has 1 saturated heterocycles. The Morgan fingerprint density at radius 1 is 1.21 bits per heavy atom. The van der Waals surface area contributed by atoms with E-state index in [0.29, 0.717) is 29.2 Å². The molecule has 1 aliphatic rings. The van der Waals surface area contributed by atoms with E-state index in [-0.39, 0.29) is 28.0 Å². The zero-order valence-electron chi connectivity index (χ0n) is 16.0. The molecule has 4 rings (SSSR count). The first kappa shape index (κ1) is 19.1. The van der Waals surface area contributed by atoms with Crippen molar-refractivity contribution in [2.24, 2.45) is 0 Å². The number of benzene rings is 2. The van der Waals surface area contributed by atoms with Crippen LogP contribution in [0.1, 0.15) is 26.2 Å². The van der Waals surface area contributed by atoms with Gasteiger partial charge < -0.3 is 9.73 Å². The average Bonchev–Trinajstić information content (AvgIpc) is 2.69. The van der Waals surface area contributed by atoms with Crippen LogP contribution in [0.2, 0.25) is 0 Å². The van der Waals surface area contributed by atoms with Crippen molar-refractivity contribution >= 4 is 39.2 Å². The van der Waals surface area contributed by atoms with Crippen molar-refractivity contribution in [1.29, 1.82) is 0 Å². The Morgan fingerprint density at radius 2 is 2.03 bits per heavy atom. The van der Waals surface area contributed by atoms with Crippen molar-refractivity contribution in [3.8, 4) is 0 Å². The first-order chi connectivity index (χ1) is 13.9. The quantitative estimate of drug-likeness (QED) is 0.410. The van der Waals surface area contributed by atoms with E-state index in [2.05, 4.69) is 17.1 Å². The van der Waals surface area contributed by atoms with Crippen LogP contribution in [-0.2, 0) is 4.79 Å². The molecule has 1 aromatic heterocycles. The van der Waals surface area contributed by atoms with Crippen molar-refractivity contribution in [1.82, 2.24) is 4.90 Å². The molecule has 8 heteroatoms. The Morgan fingerprint density at radius 3 is 2.79 bits per heavy atom. The molecule has 1 amide bonds. The summed E-state index contributed by atoms with van der Waals surface area (Å²) in [6, 6.07) is 9.13. The number of hydrogen-bond acceptors (Lipinski definition) is 6. The fourth-order valence-corrected chi connectivity index (χ4v) is 3.81. The number of nitrogens with one attached hydrogen (secondary N) is 1. The van der Waals surface area contributed by atoms with Crippen molar-refractivity contribution in [3.05, 3.63) is 56.7 Å². The number of carbonyl (C=O) groups is 1. The number of anilines is 1. The highest BCUT2D eigenvalue weighted by atomic mass is 16.6. The van der Waals surface area contributed by atoms with Gasteiger partial charge in [0.1, 0.15) is 11.2 Å². The highest BCUT2D eigenvalue weighted by molar-refractivity contribution is 5.96. The van der Waals surface area contributed by atoms with Gasteiger partial charge >= 0.3 is 0 Å². The number of nitrogens with zero attached hydrogens (tertiary/aromatic N) is 2. The Labute approximate surface area is 166 Å². The van der Waals surface area contributed by atoms with Crippen molar-refractivity contribution < 1.29 is 14.1 Å². The zero-order valence-corrected chi connectivity index (χ0v) is 16.0. The van der Waals surface area contributed by atoms with Crippen molar-refractivity contribution in [2.45, 2.75) is 32.2 Å². The molecule has 8 nitrogen and oxygen atoms in total. The van der Waals surface area contributed by atoms with Crippen LogP contribution in [-0.4, -0.2) is 34.9 Å². The molecule has 0 saturated carbocycles. The van der Waals surface area contributed by atoms with Gasteiger partial charge in [0.05, 0.1) is 22.2 Å². The van der Waals surface area contributed by atoms with Crippen LogP contribution in [0.15, 0.2) is 45.6 Å². The highest BCUT2D eigenvalue weighted by Gasteiger charge is 2.20. The maximum atomic E-state index is 12.7. The van der Waals surface area contributed by atoms with Gasteiger partial charge in [-0.2, -0.15) is 0 Å².